The molecule has 3 N–H and O–H groups in total. The standard InChI is InChI=1S/C15H20N4/c1-3-19(4-2)13-9-7-12(8-10-13)18-15-14(16)6-5-11-17-15/h5-11H,3-4,16H2,1-2H3,(H,17,18). The van der Waals surface area contributed by atoms with Gasteiger partial charge in [-0.15, -0.1) is 0 Å². The van der Waals surface area contributed by atoms with Gasteiger partial charge in [0.2, 0.25) is 0 Å². The average Bonchev–Trinajstić information content (AvgIpc) is 2.44. The Morgan fingerprint density at radius 1 is 1.11 bits per heavy atom. The van der Waals surface area contributed by atoms with Crippen LogP contribution in [0.1, 0.15) is 13.8 Å². The van der Waals surface area contributed by atoms with Crippen molar-refractivity contribution in [1.82, 2.24) is 4.98 Å². The van der Waals surface area contributed by atoms with E-state index in [0.717, 1.165) is 18.8 Å². The smallest absolute Gasteiger partial charge is 0.153 e. The van der Waals surface area contributed by atoms with Crippen molar-refractivity contribution < 1.29 is 0 Å². The third kappa shape index (κ3) is 3.16. The summed E-state index contributed by atoms with van der Waals surface area (Å²) in [5.41, 5.74) is 8.72. The molecule has 4 nitrogen and oxygen atoms in total. The van der Waals surface area contributed by atoms with Crippen molar-refractivity contribution in [2.45, 2.75) is 13.8 Å². The van der Waals surface area contributed by atoms with Crippen molar-refractivity contribution in [3.63, 3.8) is 0 Å². The highest BCUT2D eigenvalue weighted by Crippen LogP contribution is 2.22. The van der Waals surface area contributed by atoms with Crippen molar-refractivity contribution >= 4 is 22.9 Å². The first kappa shape index (κ1) is 13.2. The highest BCUT2D eigenvalue weighted by Gasteiger charge is 2.03. The second-order valence-electron chi connectivity index (χ2n) is 4.29. The third-order valence-electron chi connectivity index (χ3n) is 3.10. The molecule has 0 fully saturated rings. The van der Waals surface area contributed by atoms with Crippen LogP contribution in [0.4, 0.5) is 22.9 Å². The molecule has 0 atom stereocenters. The summed E-state index contributed by atoms with van der Waals surface area (Å²) in [6, 6.07) is 12.0. The SMILES string of the molecule is CCN(CC)c1ccc(Nc2ncccc2N)cc1. The number of rotatable bonds is 5. The van der Waals surface area contributed by atoms with E-state index in [4.69, 9.17) is 5.73 Å². The molecule has 100 valence electrons. The normalized spacial score (nSPS) is 10.2. The zero-order valence-corrected chi connectivity index (χ0v) is 11.4. The molecule has 4 heteroatoms. The Bertz CT molecular complexity index is 518. The fourth-order valence-corrected chi connectivity index (χ4v) is 2.00. The summed E-state index contributed by atoms with van der Waals surface area (Å²) in [6.45, 7) is 6.33. The number of aromatic nitrogens is 1. The van der Waals surface area contributed by atoms with Gasteiger partial charge in [0.15, 0.2) is 5.82 Å². The third-order valence-corrected chi connectivity index (χ3v) is 3.10. The number of pyridine rings is 1. The van der Waals surface area contributed by atoms with Gasteiger partial charge in [-0.1, -0.05) is 0 Å². The van der Waals surface area contributed by atoms with Crippen molar-refractivity contribution in [2.24, 2.45) is 0 Å². The van der Waals surface area contributed by atoms with Gasteiger partial charge in [-0.3, -0.25) is 0 Å². The van der Waals surface area contributed by atoms with Crippen LogP contribution in [-0.2, 0) is 0 Å². The van der Waals surface area contributed by atoms with Crippen LogP contribution in [0.2, 0.25) is 0 Å². The maximum Gasteiger partial charge on any atom is 0.153 e. The number of nitrogens with two attached hydrogens (primary N) is 1. The van der Waals surface area contributed by atoms with Gasteiger partial charge in [0, 0.05) is 30.7 Å². The molecule has 0 radical (unpaired) electrons. The topological polar surface area (TPSA) is 54.2 Å². The van der Waals surface area contributed by atoms with Crippen LogP contribution in [-0.4, -0.2) is 18.1 Å². The zero-order chi connectivity index (χ0) is 13.7. The minimum atomic E-state index is 0.648. The van der Waals surface area contributed by atoms with E-state index >= 15 is 0 Å². The van der Waals surface area contributed by atoms with Gasteiger partial charge in [-0.05, 0) is 50.2 Å². The number of hydrogen-bond donors (Lipinski definition) is 2. The largest absolute Gasteiger partial charge is 0.396 e. The van der Waals surface area contributed by atoms with E-state index in [9.17, 15) is 0 Å². The Kier molecular flexibility index (Phi) is 4.23. The molecule has 0 aliphatic heterocycles. The summed E-state index contributed by atoms with van der Waals surface area (Å²) in [4.78, 5) is 6.52. The molecule has 2 aromatic rings. The van der Waals surface area contributed by atoms with Crippen LogP contribution in [0, 0.1) is 0 Å². The maximum absolute atomic E-state index is 5.86. The molecule has 2 rings (SSSR count). The number of nitrogen functional groups attached to an aromatic ring is 1. The first-order chi connectivity index (χ1) is 9.24. The first-order valence-electron chi connectivity index (χ1n) is 6.57. The molecule has 1 aromatic heterocycles. The molecule has 0 saturated carbocycles. The van der Waals surface area contributed by atoms with Crippen molar-refractivity contribution in [1.29, 1.82) is 0 Å². The fourth-order valence-electron chi connectivity index (χ4n) is 2.00. The van der Waals surface area contributed by atoms with E-state index in [0.29, 0.717) is 11.5 Å². The van der Waals surface area contributed by atoms with Crippen molar-refractivity contribution in [3.8, 4) is 0 Å². The van der Waals surface area contributed by atoms with E-state index in [1.807, 2.05) is 24.3 Å². The second kappa shape index (κ2) is 6.09. The molecule has 1 heterocycles. The maximum atomic E-state index is 5.86. The van der Waals surface area contributed by atoms with Crippen LogP contribution in [0.3, 0.4) is 0 Å². The van der Waals surface area contributed by atoms with Gasteiger partial charge in [0.05, 0.1) is 5.69 Å². The number of hydrogen-bond acceptors (Lipinski definition) is 4. The lowest BCUT2D eigenvalue weighted by molar-refractivity contribution is 0.866. The van der Waals surface area contributed by atoms with E-state index in [1.54, 1.807) is 6.20 Å². The Morgan fingerprint density at radius 2 is 1.79 bits per heavy atom. The van der Waals surface area contributed by atoms with E-state index < -0.39 is 0 Å². The highest BCUT2D eigenvalue weighted by atomic mass is 15.1. The fraction of sp³-hybridized carbons (Fsp3) is 0.267. The molecule has 1 aromatic carbocycles. The number of benzene rings is 1. The molecule has 0 amide bonds. The van der Waals surface area contributed by atoms with Crippen LogP contribution in [0.25, 0.3) is 0 Å². The Balaban J connectivity index is 2.13. The molecule has 0 unspecified atom stereocenters. The van der Waals surface area contributed by atoms with Gasteiger partial charge in [-0.2, -0.15) is 0 Å². The number of anilines is 4. The Morgan fingerprint density at radius 3 is 2.37 bits per heavy atom. The van der Waals surface area contributed by atoms with Crippen LogP contribution in [0.5, 0.6) is 0 Å². The molecule has 0 bridgehead atoms. The van der Waals surface area contributed by atoms with Crippen molar-refractivity contribution in [3.05, 3.63) is 42.6 Å². The molecule has 0 aliphatic rings. The molecular formula is C15H20N4. The number of nitrogens with one attached hydrogen (secondary N) is 1. The molecule has 19 heavy (non-hydrogen) atoms. The Hall–Kier alpha value is -2.23. The van der Waals surface area contributed by atoms with E-state index in [-0.39, 0.29) is 0 Å². The lowest BCUT2D eigenvalue weighted by Gasteiger charge is -2.21. The first-order valence-corrected chi connectivity index (χ1v) is 6.57. The summed E-state index contributed by atoms with van der Waals surface area (Å²) in [5.74, 6) is 0.693. The molecule has 0 spiro atoms. The van der Waals surface area contributed by atoms with Gasteiger partial charge in [0.1, 0.15) is 0 Å². The minimum Gasteiger partial charge on any atom is -0.396 e. The summed E-state index contributed by atoms with van der Waals surface area (Å²) < 4.78 is 0. The van der Waals surface area contributed by atoms with Crippen LogP contribution in [0.15, 0.2) is 42.6 Å². The molecule has 0 saturated heterocycles. The van der Waals surface area contributed by atoms with Crippen molar-refractivity contribution in [2.75, 3.05) is 29.0 Å². The molecule has 0 aliphatic carbocycles. The summed E-state index contributed by atoms with van der Waals surface area (Å²) in [7, 11) is 0. The van der Waals surface area contributed by atoms with E-state index in [2.05, 4.69) is 41.2 Å². The quantitative estimate of drug-likeness (QED) is 0.862. The van der Waals surface area contributed by atoms with Crippen LogP contribution < -0.4 is 16.0 Å². The Labute approximate surface area is 114 Å². The predicted octanol–water partition coefficient (Wildman–Crippen LogP) is 3.25. The molecular weight excluding hydrogens is 236 g/mol. The highest BCUT2D eigenvalue weighted by molar-refractivity contribution is 5.69. The monoisotopic (exact) mass is 256 g/mol. The minimum absolute atomic E-state index is 0.648. The predicted molar refractivity (Wildman–Crippen MR) is 81.9 cm³/mol. The summed E-state index contributed by atoms with van der Waals surface area (Å²) in [5, 5.41) is 3.22. The zero-order valence-electron chi connectivity index (χ0n) is 11.4. The van der Waals surface area contributed by atoms with Gasteiger partial charge in [-0.25, -0.2) is 4.98 Å². The van der Waals surface area contributed by atoms with E-state index in [1.165, 1.54) is 5.69 Å². The number of nitrogens with zero attached hydrogens (tertiary/aromatic N) is 2. The second-order valence-corrected chi connectivity index (χ2v) is 4.29. The summed E-state index contributed by atoms with van der Waals surface area (Å²) in [6.07, 6.45) is 1.73. The lowest BCUT2D eigenvalue weighted by atomic mass is 10.2. The van der Waals surface area contributed by atoms with Gasteiger partial charge >= 0.3 is 0 Å². The van der Waals surface area contributed by atoms with Crippen LogP contribution >= 0.6 is 0 Å². The summed E-state index contributed by atoms with van der Waals surface area (Å²) >= 11 is 0. The lowest BCUT2D eigenvalue weighted by Crippen LogP contribution is -2.21. The van der Waals surface area contributed by atoms with Gasteiger partial charge < -0.3 is 16.0 Å². The average molecular weight is 256 g/mol. The van der Waals surface area contributed by atoms with Gasteiger partial charge in [0.25, 0.3) is 0 Å².